The van der Waals surface area contributed by atoms with Gasteiger partial charge in [-0.3, -0.25) is 0 Å². The lowest BCUT2D eigenvalue weighted by Gasteiger charge is -2.11. The lowest BCUT2D eigenvalue weighted by Crippen LogP contribution is -2.06. The molecule has 21 heavy (non-hydrogen) atoms. The molecule has 0 saturated heterocycles. The highest BCUT2D eigenvalue weighted by molar-refractivity contribution is 14.1. The lowest BCUT2D eigenvalue weighted by atomic mass is 10.1. The first-order valence-electron chi connectivity index (χ1n) is 6.64. The van der Waals surface area contributed by atoms with Gasteiger partial charge in [0, 0.05) is 21.5 Å². The summed E-state index contributed by atoms with van der Waals surface area (Å²) < 4.78 is 11.7. The van der Waals surface area contributed by atoms with Crippen molar-refractivity contribution in [3.05, 3.63) is 45.5 Å². The van der Waals surface area contributed by atoms with Crippen LogP contribution in [0.5, 0.6) is 11.5 Å². The molecule has 0 bridgehead atoms. The van der Waals surface area contributed by atoms with Crippen LogP contribution in [0.2, 0.25) is 0 Å². The summed E-state index contributed by atoms with van der Waals surface area (Å²) in [6.07, 6.45) is 0.904. The molecule has 2 rings (SSSR count). The van der Waals surface area contributed by atoms with E-state index < -0.39 is 0 Å². The van der Waals surface area contributed by atoms with E-state index in [0.717, 1.165) is 39.4 Å². The first-order valence-corrected chi connectivity index (χ1v) is 7.71. The Morgan fingerprint density at radius 3 is 2.48 bits per heavy atom. The number of hydrogen-bond acceptors (Lipinski definition) is 4. The fourth-order valence-corrected chi connectivity index (χ4v) is 2.78. The summed E-state index contributed by atoms with van der Waals surface area (Å²) in [7, 11) is 3.29. The Kier molecular flexibility index (Phi) is 5.55. The van der Waals surface area contributed by atoms with Gasteiger partial charge < -0.3 is 20.5 Å². The van der Waals surface area contributed by atoms with Crippen molar-refractivity contribution in [1.82, 2.24) is 0 Å². The second kappa shape index (κ2) is 7.40. The zero-order valence-corrected chi connectivity index (χ0v) is 14.3. The average molecular weight is 398 g/mol. The highest BCUT2D eigenvalue weighted by Crippen LogP contribution is 2.27. The van der Waals surface area contributed by atoms with Crippen LogP contribution in [0, 0.1) is 3.57 Å². The molecule has 0 spiro atoms. The molecule has 5 heteroatoms. The molecule has 0 aliphatic rings. The third-order valence-electron chi connectivity index (χ3n) is 3.17. The predicted octanol–water partition coefficient (Wildman–Crippen LogP) is 3.55. The van der Waals surface area contributed by atoms with E-state index in [1.165, 1.54) is 5.56 Å². The highest BCUT2D eigenvalue weighted by atomic mass is 127. The number of nitrogens with two attached hydrogens (primary N) is 1. The van der Waals surface area contributed by atoms with Crippen LogP contribution in [-0.2, 0) is 6.42 Å². The zero-order valence-electron chi connectivity index (χ0n) is 12.2. The van der Waals surface area contributed by atoms with Gasteiger partial charge in [-0.15, -0.1) is 0 Å². The minimum atomic E-state index is 0.752. The van der Waals surface area contributed by atoms with Gasteiger partial charge in [-0.05, 0) is 64.9 Å². The molecule has 112 valence electrons. The number of nitrogen functional groups attached to an aromatic ring is 1. The largest absolute Gasteiger partial charge is 0.493 e. The first-order chi connectivity index (χ1) is 10.1. The van der Waals surface area contributed by atoms with Crippen molar-refractivity contribution in [3.8, 4) is 11.5 Å². The lowest BCUT2D eigenvalue weighted by molar-refractivity contribution is 0.354. The molecule has 0 heterocycles. The van der Waals surface area contributed by atoms with Gasteiger partial charge in [-0.25, -0.2) is 0 Å². The average Bonchev–Trinajstić information content (AvgIpc) is 2.49. The van der Waals surface area contributed by atoms with E-state index in [-0.39, 0.29) is 0 Å². The molecular weight excluding hydrogens is 379 g/mol. The Labute approximate surface area is 138 Å². The van der Waals surface area contributed by atoms with Crippen LogP contribution in [-0.4, -0.2) is 20.8 Å². The number of methoxy groups -OCH3 is 2. The fraction of sp³-hybridized carbons (Fsp3) is 0.250. The van der Waals surface area contributed by atoms with Gasteiger partial charge in [-0.1, -0.05) is 6.07 Å². The summed E-state index contributed by atoms with van der Waals surface area (Å²) in [6, 6.07) is 11.9. The Morgan fingerprint density at radius 1 is 1.05 bits per heavy atom. The zero-order chi connectivity index (χ0) is 15.2. The molecule has 0 aromatic heterocycles. The van der Waals surface area contributed by atoms with Crippen molar-refractivity contribution < 1.29 is 9.47 Å². The third-order valence-corrected chi connectivity index (χ3v) is 4.06. The predicted molar refractivity (Wildman–Crippen MR) is 95.3 cm³/mol. The van der Waals surface area contributed by atoms with E-state index in [9.17, 15) is 0 Å². The van der Waals surface area contributed by atoms with Crippen molar-refractivity contribution in [1.29, 1.82) is 0 Å². The molecule has 0 saturated carbocycles. The molecule has 0 fully saturated rings. The quantitative estimate of drug-likeness (QED) is 0.578. The van der Waals surface area contributed by atoms with E-state index in [0.29, 0.717) is 0 Å². The second-order valence-corrected chi connectivity index (χ2v) is 5.77. The molecular formula is C16H19IN2O2. The Bertz CT molecular complexity index is 617. The Morgan fingerprint density at radius 2 is 1.81 bits per heavy atom. The van der Waals surface area contributed by atoms with Crippen LogP contribution in [0.3, 0.4) is 0 Å². The van der Waals surface area contributed by atoms with E-state index in [1.807, 2.05) is 30.3 Å². The van der Waals surface area contributed by atoms with Crippen molar-refractivity contribution in [2.75, 3.05) is 31.8 Å². The fourth-order valence-electron chi connectivity index (χ4n) is 2.05. The number of hydrogen-bond donors (Lipinski definition) is 2. The van der Waals surface area contributed by atoms with E-state index >= 15 is 0 Å². The summed E-state index contributed by atoms with van der Waals surface area (Å²) >= 11 is 2.28. The maximum atomic E-state index is 5.75. The molecule has 4 nitrogen and oxygen atoms in total. The minimum Gasteiger partial charge on any atom is -0.493 e. The van der Waals surface area contributed by atoms with Gasteiger partial charge in [0.05, 0.1) is 14.2 Å². The molecule has 0 aliphatic heterocycles. The molecule has 0 unspecified atom stereocenters. The normalized spacial score (nSPS) is 10.2. The molecule has 0 aliphatic carbocycles. The van der Waals surface area contributed by atoms with Gasteiger partial charge >= 0.3 is 0 Å². The topological polar surface area (TPSA) is 56.5 Å². The van der Waals surface area contributed by atoms with Crippen LogP contribution in [0.25, 0.3) is 0 Å². The van der Waals surface area contributed by atoms with Gasteiger partial charge in [0.2, 0.25) is 0 Å². The molecule has 0 radical (unpaired) electrons. The van der Waals surface area contributed by atoms with Crippen LogP contribution in [0.1, 0.15) is 5.56 Å². The summed E-state index contributed by atoms with van der Waals surface area (Å²) in [5.74, 6) is 1.51. The number of nitrogens with one attached hydrogen (secondary N) is 1. The summed E-state index contributed by atoms with van der Waals surface area (Å²) in [4.78, 5) is 0. The van der Waals surface area contributed by atoms with Gasteiger partial charge in [-0.2, -0.15) is 0 Å². The molecule has 3 N–H and O–H groups in total. The number of benzene rings is 2. The SMILES string of the molecule is COc1ccc(CCNc2ccc(N)cc2I)cc1OC. The van der Waals surface area contributed by atoms with Gasteiger partial charge in [0.1, 0.15) is 0 Å². The molecule has 0 amide bonds. The van der Waals surface area contributed by atoms with Crippen LogP contribution in [0.4, 0.5) is 11.4 Å². The highest BCUT2D eigenvalue weighted by Gasteiger charge is 2.05. The van der Waals surface area contributed by atoms with Crippen molar-refractivity contribution >= 4 is 34.0 Å². The third kappa shape index (κ3) is 4.17. The van der Waals surface area contributed by atoms with E-state index in [4.69, 9.17) is 15.2 Å². The minimum absolute atomic E-state index is 0.752. The van der Waals surface area contributed by atoms with Crippen molar-refractivity contribution in [3.63, 3.8) is 0 Å². The maximum Gasteiger partial charge on any atom is 0.160 e. The van der Waals surface area contributed by atoms with Crippen LogP contribution < -0.4 is 20.5 Å². The monoisotopic (exact) mass is 398 g/mol. The number of halogens is 1. The summed E-state index contributed by atoms with van der Waals surface area (Å²) in [5.41, 5.74) is 8.83. The Hall–Kier alpha value is -1.63. The van der Waals surface area contributed by atoms with Crippen LogP contribution >= 0.6 is 22.6 Å². The van der Waals surface area contributed by atoms with Crippen LogP contribution in [0.15, 0.2) is 36.4 Å². The summed E-state index contributed by atoms with van der Waals surface area (Å²) in [6.45, 7) is 0.843. The second-order valence-electron chi connectivity index (χ2n) is 4.61. The molecule has 0 atom stereocenters. The maximum absolute atomic E-state index is 5.75. The summed E-state index contributed by atoms with van der Waals surface area (Å²) in [5, 5.41) is 3.42. The molecule has 2 aromatic rings. The number of rotatable bonds is 6. The van der Waals surface area contributed by atoms with Crippen molar-refractivity contribution in [2.45, 2.75) is 6.42 Å². The first kappa shape index (κ1) is 15.8. The smallest absolute Gasteiger partial charge is 0.160 e. The molecule has 2 aromatic carbocycles. The number of ether oxygens (including phenoxy) is 2. The van der Waals surface area contributed by atoms with Gasteiger partial charge in [0.25, 0.3) is 0 Å². The standard InChI is InChI=1S/C16H19IN2O2/c1-20-15-6-3-11(9-16(15)21-2)7-8-19-14-5-4-12(18)10-13(14)17/h3-6,9-10,19H,7-8,18H2,1-2H3. The van der Waals surface area contributed by atoms with Crippen molar-refractivity contribution in [2.24, 2.45) is 0 Å². The number of anilines is 2. The van der Waals surface area contributed by atoms with Gasteiger partial charge in [0.15, 0.2) is 11.5 Å². The van der Waals surface area contributed by atoms with E-state index in [2.05, 4.69) is 34.0 Å². The van der Waals surface area contributed by atoms with E-state index in [1.54, 1.807) is 14.2 Å². The Balaban J connectivity index is 1.97.